The van der Waals surface area contributed by atoms with Crippen LogP contribution >= 0.6 is 22.9 Å². The Hall–Kier alpha value is -2.87. The molecule has 4 rings (SSSR count). The predicted molar refractivity (Wildman–Crippen MR) is 128 cm³/mol. The minimum atomic E-state index is -0.145. The summed E-state index contributed by atoms with van der Waals surface area (Å²) in [6, 6.07) is 18.1. The molecule has 1 fully saturated rings. The lowest BCUT2D eigenvalue weighted by molar-refractivity contribution is 0.0620. The molecule has 2 amide bonds. The number of thiophene rings is 1. The minimum Gasteiger partial charge on any atom is -0.491 e. The van der Waals surface area contributed by atoms with Crippen molar-refractivity contribution in [3.8, 4) is 5.75 Å². The molecule has 0 saturated carbocycles. The van der Waals surface area contributed by atoms with Crippen molar-refractivity contribution < 1.29 is 14.3 Å². The van der Waals surface area contributed by atoms with Gasteiger partial charge in [0.25, 0.3) is 11.8 Å². The third kappa shape index (κ3) is 5.68. The Labute approximate surface area is 196 Å². The maximum Gasteiger partial charge on any atom is 0.265 e. The molecule has 166 valence electrons. The summed E-state index contributed by atoms with van der Waals surface area (Å²) in [7, 11) is 0. The molecule has 1 aliphatic rings. The zero-order valence-corrected chi connectivity index (χ0v) is 19.1. The summed E-state index contributed by atoms with van der Waals surface area (Å²) in [5, 5.41) is 5.32. The molecule has 1 N–H and O–H groups in total. The zero-order valence-electron chi connectivity index (χ0n) is 17.5. The number of amides is 2. The van der Waals surface area contributed by atoms with Crippen LogP contribution in [0.2, 0.25) is 5.02 Å². The lowest BCUT2D eigenvalue weighted by Gasteiger charge is -2.34. The average Bonchev–Trinajstić information content (AvgIpc) is 3.36. The molecule has 0 spiro atoms. The van der Waals surface area contributed by atoms with Gasteiger partial charge in [-0.05, 0) is 47.8 Å². The van der Waals surface area contributed by atoms with Gasteiger partial charge in [0.15, 0.2) is 0 Å². The summed E-state index contributed by atoms with van der Waals surface area (Å²) >= 11 is 7.50. The fourth-order valence-electron chi connectivity index (χ4n) is 3.50. The monoisotopic (exact) mass is 469 g/mol. The first-order valence-electron chi connectivity index (χ1n) is 10.4. The molecule has 0 unspecified atom stereocenters. The highest BCUT2D eigenvalue weighted by atomic mass is 35.5. The van der Waals surface area contributed by atoms with Gasteiger partial charge in [-0.3, -0.25) is 14.5 Å². The minimum absolute atomic E-state index is 0.00750. The Morgan fingerprint density at radius 3 is 2.41 bits per heavy atom. The first kappa shape index (κ1) is 22.3. The van der Waals surface area contributed by atoms with Crippen molar-refractivity contribution in [1.29, 1.82) is 0 Å². The molecule has 0 radical (unpaired) electrons. The molecule has 1 saturated heterocycles. The normalized spacial score (nSPS) is 14.2. The number of carbonyl (C=O) groups excluding carboxylic acids is 2. The van der Waals surface area contributed by atoms with Gasteiger partial charge >= 0.3 is 0 Å². The predicted octanol–water partition coefficient (Wildman–Crippen LogP) is 4.49. The van der Waals surface area contributed by atoms with E-state index in [-0.39, 0.29) is 11.8 Å². The Kier molecular flexibility index (Phi) is 7.42. The first-order chi connectivity index (χ1) is 15.6. The lowest BCUT2D eigenvalue weighted by Crippen LogP contribution is -2.49. The van der Waals surface area contributed by atoms with Crippen molar-refractivity contribution in [3.63, 3.8) is 0 Å². The second kappa shape index (κ2) is 10.6. The van der Waals surface area contributed by atoms with E-state index in [4.69, 9.17) is 16.3 Å². The fraction of sp³-hybridized carbons (Fsp3) is 0.250. The molecule has 0 bridgehead atoms. The SMILES string of the molecule is O=C(Nc1ccc(C(=O)N2CCN(CCOc3ccccc3Cl)CC2)cc1)c1cccs1. The molecular formula is C24H24ClN3O3S. The number of hydrogen-bond donors (Lipinski definition) is 1. The van der Waals surface area contributed by atoms with Gasteiger partial charge in [-0.15, -0.1) is 11.3 Å². The summed E-state index contributed by atoms with van der Waals surface area (Å²) in [5.41, 5.74) is 1.29. The van der Waals surface area contributed by atoms with Gasteiger partial charge in [0.1, 0.15) is 12.4 Å². The number of nitrogens with one attached hydrogen (secondary N) is 1. The van der Waals surface area contributed by atoms with E-state index in [9.17, 15) is 9.59 Å². The lowest BCUT2D eigenvalue weighted by atomic mass is 10.1. The number of carbonyl (C=O) groups is 2. The van der Waals surface area contributed by atoms with E-state index in [0.717, 1.165) is 19.6 Å². The number of para-hydroxylation sites is 1. The van der Waals surface area contributed by atoms with E-state index in [0.29, 0.717) is 46.6 Å². The van der Waals surface area contributed by atoms with Crippen molar-refractivity contribution in [3.05, 3.63) is 81.5 Å². The number of ether oxygens (including phenoxy) is 1. The van der Waals surface area contributed by atoms with Crippen LogP contribution in [0.3, 0.4) is 0 Å². The molecule has 2 heterocycles. The summed E-state index contributed by atoms with van der Waals surface area (Å²) in [6.45, 7) is 4.27. The third-order valence-corrected chi connectivity index (χ3v) is 6.48. The maximum absolute atomic E-state index is 12.8. The largest absolute Gasteiger partial charge is 0.491 e. The summed E-state index contributed by atoms with van der Waals surface area (Å²) < 4.78 is 5.76. The highest BCUT2D eigenvalue weighted by Crippen LogP contribution is 2.23. The number of nitrogens with zero attached hydrogens (tertiary/aromatic N) is 2. The van der Waals surface area contributed by atoms with Crippen LogP contribution in [-0.2, 0) is 0 Å². The Bertz CT molecular complexity index is 1050. The van der Waals surface area contributed by atoms with E-state index in [2.05, 4.69) is 10.2 Å². The van der Waals surface area contributed by atoms with E-state index in [1.54, 1.807) is 30.3 Å². The van der Waals surface area contributed by atoms with Gasteiger partial charge in [0.05, 0.1) is 9.90 Å². The highest BCUT2D eigenvalue weighted by molar-refractivity contribution is 7.12. The van der Waals surface area contributed by atoms with Crippen molar-refractivity contribution in [2.75, 3.05) is 44.6 Å². The van der Waals surface area contributed by atoms with Crippen molar-refractivity contribution >= 4 is 40.4 Å². The van der Waals surface area contributed by atoms with Crippen molar-refractivity contribution in [2.45, 2.75) is 0 Å². The smallest absolute Gasteiger partial charge is 0.265 e. The number of halogens is 1. The number of anilines is 1. The molecule has 32 heavy (non-hydrogen) atoms. The van der Waals surface area contributed by atoms with Crippen LogP contribution < -0.4 is 10.1 Å². The van der Waals surface area contributed by atoms with E-state index in [1.807, 2.05) is 40.6 Å². The van der Waals surface area contributed by atoms with Crippen molar-refractivity contribution in [1.82, 2.24) is 9.80 Å². The van der Waals surface area contributed by atoms with Crippen LogP contribution in [-0.4, -0.2) is 60.9 Å². The van der Waals surface area contributed by atoms with Crippen LogP contribution in [0.4, 0.5) is 5.69 Å². The van der Waals surface area contributed by atoms with Gasteiger partial charge in [-0.25, -0.2) is 0 Å². The molecule has 8 heteroatoms. The van der Waals surface area contributed by atoms with Crippen LogP contribution in [0.15, 0.2) is 66.0 Å². The van der Waals surface area contributed by atoms with Crippen LogP contribution in [0.25, 0.3) is 0 Å². The van der Waals surface area contributed by atoms with E-state index >= 15 is 0 Å². The van der Waals surface area contributed by atoms with Crippen molar-refractivity contribution in [2.24, 2.45) is 0 Å². The molecular weight excluding hydrogens is 446 g/mol. The van der Waals surface area contributed by atoms with E-state index in [1.165, 1.54) is 11.3 Å². The summed E-state index contributed by atoms with van der Waals surface area (Å²) in [5.74, 6) is 0.555. The van der Waals surface area contributed by atoms with Crippen LogP contribution in [0.5, 0.6) is 5.75 Å². The van der Waals surface area contributed by atoms with Gasteiger partial charge in [0, 0.05) is 44.0 Å². The molecule has 0 atom stereocenters. The number of piperazine rings is 1. The van der Waals surface area contributed by atoms with Gasteiger partial charge in [0.2, 0.25) is 0 Å². The summed E-state index contributed by atoms with van der Waals surface area (Å²) in [4.78, 5) is 29.8. The van der Waals surface area contributed by atoms with Gasteiger partial charge in [-0.1, -0.05) is 29.8 Å². The second-order valence-corrected chi connectivity index (χ2v) is 8.78. The average molecular weight is 470 g/mol. The quantitative estimate of drug-likeness (QED) is 0.553. The van der Waals surface area contributed by atoms with Gasteiger partial charge < -0.3 is 15.0 Å². The van der Waals surface area contributed by atoms with E-state index < -0.39 is 0 Å². The molecule has 2 aromatic carbocycles. The molecule has 1 aliphatic heterocycles. The summed E-state index contributed by atoms with van der Waals surface area (Å²) in [6.07, 6.45) is 0. The fourth-order valence-corrected chi connectivity index (χ4v) is 4.31. The topological polar surface area (TPSA) is 61.9 Å². The molecule has 1 aromatic heterocycles. The molecule has 0 aliphatic carbocycles. The second-order valence-electron chi connectivity index (χ2n) is 7.42. The third-order valence-electron chi connectivity index (χ3n) is 5.30. The first-order valence-corrected chi connectivity index (χ1v) is 11.7. The Morgan fingerprint density at radius 2 is 1.72 bits per heavy atom. The zero-order chi connectivity index (χ0) is 22.3. The Balaban J connectivity index is 1.22. The molecule has 3 aromatic rings. The van der Waals surface area contributed by atoms with Crippen LogP contribution in [0, 0.1) is 0 Å². The Morgan fingerprint density at radius 1 is 0.969 bits per heavy atom. The van der Waals surface area contributed by atoms with Gasteiger partial charge in [-0.2, -0.15) is 0 Å². The number of rotatable bonds is 7. The standard InChI is InChI=1S/C24H24ClN3O3S/c25-20-4-1-2-5-21(20)31-16-15-27-11-13-28(14-12-27)24(30)18-7-9-19(10-8-18)26-23(29)22-6-3-17-32-22/h1-10,17H,11-16H2,(H,26,29). The molecule has 6 nitrogen and oxygen atoms in total. The number of benzene rings is 2. The highest BCUT2D eigenvalue weighted by Gasteiger charge is 2.22. The van der Waals surface area contributed by atoms with Crippen LogP contribution in [0.1, 0.15) is 20.0 Å². The maximum atomic E-state index is 12.8. The number of hydrogen-bond acceptors (Lipinski definition) is 5.